The van der Waals surface area contributed by atoms with E-state index in [1.165, 1.54) is 5.56 Å². The number of fused-ring (bicyclic) bond motifs is 1. The molecule has 0 amide bonds. The third-order valence-electron chi connectivity index (χ3n) is 4.16. The number of methoxy groups -OCH3 is 1. The molecule has 0 bridgehead atoms. The van der Waals surface area contributed by atoms with Crippen molar-refractivity contribution in [3.8, 4) is 5.75 Å². The molecule has 112 valence electrons. The quantitative estimate of drug-likeness (QED) is 0.829. The van der Waals surface area contributed by atoms with Gasteiger partial charge in [-0.05, 0) is 50.3 Å². The number of benzene rings is 1. The van der Waals surface area contributed by atoms with Gasteiger partial charge < -0.3 is 14.8 Å². The van der Waals surface area contributed by atoms with Crippen molar-refractivity contribution in [1.29, 1.82) is 0 Å². The minimum atomic E-state index is 0.300. The summed E-state index contributed by atoms with van der Waals surface area (Å²) in [6.07, 6.45) is 3.63. The lowest BCUT2D eigenvalue weighted by Crippen LogP contribution is -2.34. The van der Waals surface area contributed by atoms with Gasteiger partial charge in [-0.3, -0.25) is 0 Å². The zero-order valence-electron chi connectivity index (χ0n) is 12.9. The lowest BCUT2D eigenvalue weighted by atomic mass is 9.86. The molecule has 3 atom stereocenters. The van der Waals surface area contributed by atoms with Gasteiger partial charge in [0, 0.05) is 13.2 Å². The third kappa shape index (κ3) is 3.97. The Bertz CT molecular complexity index is 408. The number of ether oxygens (including phenoxy) is 2. The first kappa shape index (κ1) is 15.3. The van der Waals surface area contributed by atoms with Gasteiger partial charge in [0.2, 0.25) is 0 Å². The Kier molecular flexibility index (Phi) is 5.86. The summed E-state index contributed by atoms with van der Waals surface area (Å²) in [5, 5.41) is 3.61. The average molecular weight is 277 g/mol. The fourth-order valence-electron chi connectivity index (χ4n) is 3.05. The van der Waals surface area contributed by atoms with Crippen molar-refractivity contribution in [1.82, 2.24) is 5.32 Å². The van der Waals surface area contributed by atoms with Crippen molar-refractivity contribution < 1.29 is 9.47 Å². The van der Waals surface area contributed by atoms with Crippen LogP contribution in [0.1, 0.15) is 44.6 Å². The SMILES string of the molecule is CCNC(CC(C)OC)CC1CCOc2ccccc21. The Morgan fingerprint density at radius 3 is 2.95 bits per heavy atom. The molecule has 0 saturated carbocycles. The molecular weight excluding hydrogens is 250 g/mol. The molecule has 3 unspecified atom stereocenters. The molecule has 3 heteroatoms. The summed E-state index contributed by atoms with van der Waals surface area (Å²) >= 11 is 0. The summed E-state index contributed by atoms with van der Waals surface area (Å²) in [5.41, 5.74) is 1.37. The fourth-order valence-corrected chi connectivity index (χ4v) is 3.05. The zero-order chi connectivity index (χ0) is 14.4. The van der Waals surface area contributed by atoms with E-state index in [0.29, 0.717) is 18.1 Å². The maximum absolute atomic E-state index is 5.75. The molecule has 1 aromatic carbocycles. The van der Waals surface area contributed by atoms with E-state index in [1.54, 1.807) is 7.11 Å². The molecule has 0 saturated heterocycles. The van der Waals surface area contributed by atoms with Crippen LogP contribution in [0, 0.1) is 0 Å². The third-order valence-corrected chi connectivity index (χ3v) is 4.16. The van der Waals surface area contributed by atoms with Crippen LogP contribution in [0.15, 0.2) is 24.3 Å². The number of para-hydroxylation sites is 1. The second kappa shape index (κ2) is 7.65. The topological polar surface area (TPSA) is 30.5 Å². The van der Waals surface area contributed by atoms with Gasteiger partial charge >= 0.3 is 0 Å². The Morgan fingerprint density at radius 1 is 1.40 bits per heavy atom. The lowest BCUT2D eigenvalue weighted by Gasteiger charge is -2.30. The van der Waals surface area contributed by atoms with Crippen LogP contribution >= 0.6 is 0 Å². The van der Waals surface area contributed by atoms with Crippen LogP contribution in [0.3, 0.4) is 0 Å². The Morgan fingerprint density at radius 2 is 2.20 bits per heavy atom. The van der Waals surface area contributed by atoms with Gasteiger partial charge in [-0.25, -0.2) is 0 Å². The van der Waals surface area contributed by atoms with Gasteiger partial charge in [-0.2, -0.15) is 0 Å². The van der Waals surface area contributed by atoms with Crippen LogP contribution in [0.2, 0.25) is 0 Å². The van der Waals surface area contributed by atoms with Crippen molar-refractivity contribution in [3.63, 3.8) is 0 Å². The molecule has 1 N–H and O–H groups in total. The molecule has 0 aromatic heterocycles. The molecule has 20 heavy (non-hydrogen) atoms. The van der Waals surface area contributed by atoms with Gasteiger partial charge in [-0.1, -0.05) is 25.1 Å². The number of nitrogens with one attached hydrogen (secondary N) is 1. The molecule has 0 aliphatic carbocycles. The van der Waals surface area contributed by atoms with Gasteiger partial charge in [0.25, 0.3) is 0 Å². The van der Waals surface area contributed by atoms with Gasteiger partial charge in [-0.15, -0.1) is 0 Å². The van der Waals surface area contributed by atoms with Crippen molar-refractivity contribution in [2.75, 3.05) is 20.3 Å². The minimum absolute atomic E-state index is 0.300. The second-order valence-corrected chi connectivity index (χ2v) is 5.64. The van der Waals surface area contributed by atoms with E-state index < -0.39 is 0 Å². The number of hydrogen-bond donors (Lipinski definition) is 1. The maximum Gasteiger partial charge on any atom is 0.122 e. The maximum atomic E-state index is 5.75. The highest BCUT2D eigenvalue weighted by atomic mass is 16.5. The van der Waals surface area contributed by atoms with E-state index >= 15 is 0 Å². The molecule has 1 aliphatic rings. The standard InChI is InChI=1S/C17H27NO2/c1-4-18-15(11-13(2)19-3)12-14-9-10-20-17-8-6-5-7-16(14)17/h5-8,13-15,18H,4,9-12H2,1-3H3. The average Bonchev–Trinajstić information content (AvgIpc) is 2.47. The predicted octanol–water partition coefficient (Wildman–Crippen LogP) is 3.35. The van der Waals surface area contributed by atoms with Crippen LogP contribution in [0.4, 0.5) is 0 Å². The van der Waals surface area contributed by atoms with Gasteiger partial charge in [0.05, 0.1) is 12.7 Å². The molecule has 1 aliphatic heterocycles. The van der Waals surface area contributed by atoms with E-state index in [1.807, 2.05) is 0 Å². The molecule has 0 fully saturated rings. The van der Waals surface area contributed by atoms with E-state index in [2.05, 4.69) is 43.4 Å². The molecule has 0 radical (unpaired) electrons. The number of rotatable bonds is 7. The highest BCUT2D eigenvalue weighted by Crippen LogP contribution is 2.36. The van der Waals surface area contributed by atoms with Crippen molar-refractivity contribution in [2.45, 2.75) is 51.2 Å². The first-order valence-corrected chi connectivity index (χ1v) is 7.72. The van der Waals surface area contributed by atoms with Crippen molar-refractivity contribution in [3.05, 3.63) is 29.8 Å². The van der Waals surface area contributed by atoms with E-state index in [9.17, 15) is 0 Å². The summed E-state index contributed by atoms with van der Waals surface area (Å²) < 4.78 is 11.2. The van der Waals surface area contributed by atoms with Crippen LogP contribution in [-0.4, -0.2) is 32.4 Å². The molecule has 1 heterocycles. The van der Waals surface area contributed by atoms with Crippen LogP contribution in [-0.2, 0) is 4.74 Å². The van der Waals surface area contributed by atoms with Crippen LogP contribution in [0.25, 0.3) is 0 Å². The van der Waals surface area contributed by atoms with E-state index in [-0.39, 0.29) is 0 Å². The summed E-state index contributed by atoms with van der Waals surface area (Å²) in [6, 6.07) is 8.96. The largest absolute Gasteiger partial charge is 0.493 e. The normalized spacial score (nSPS) is 20.9. The smallest absolute Gasteiger partial charge is 0.122 e. The molecule has 0 spiro atoms. The zero-order valence-corrected chi connectivity index (χ0v) is 12.9. The summed E-state index contributed by atoms with van der Waals surface area (Å²) in [4.78, 5) is 0. The molecular formula is C17H27NO2. The van der Waals surface area contributed by atoms with Crippen molar-refractivity contribution in [2.24, 2.45) is 0 Å². The summed E-state index contributed by atoms with van der Waals surface area (Å²) in [7, 11) is 1.79. The highest BCUT2D eigenvalue weighted by Gasteiger charge is 2.24. The van der Waals surface area contributed by atoms with E-state index in [0.717, 1.165) is 38.2 Å². The van der Waals surface area contributed by atoms with Crippen molar-refractivity contribution >= 4 is 0 Å². The monoisotopic (exact) mass is 277 g/mol. The molecule has 2 rings (SSSR count). The molecule has 1 aromatic rings. The lowest BCUT2D eigenvalue weighted by molar-refractivity contribution is 0.0976. The Balaban J connectivity index is 2.03. The summed E-state index contributed by atoms with van der Waals surface area (Å²) in [6.45, 7) is 6.15. The van der Waals surface area contributed by atoms with Crippen LogP contribution in [0.5, 0.6) is 5.75 Å². The minimum Gasteiger partial charge on any atom is -0.493 e. The fraction of sp³-hybridized carbons (Fsp3) is 0.647. The Hall–Kier alpha value is -1.06. The summed E-state index contributed by atoms with van der Waals surface area (Å²) in [5.74, 6) is 1.66. The van der Waals surface area contributed by atoms with Gasteiger partial charge in [0.15, 0.2) is 0 Å². The first-order chi connectivity index (χ1) is 9.74. The molecule has 3 nitrogen and oxygen atoms in total. The highest BCUT2D eigenvalue weighted by molar-refractivity contribution is 5.37. The first-order valence-electron chi connectivity index (χ1n) is 7.72. The van der Waals surface area contributed by atoms with E-state index in [4.69, 9.17) is 9.47 Å². The van der Waals surface area contributed by atoms with Gasteiger partial charge in [0.1, 0.15) is 5.75 Å². The second-order valence-electron chi connectivity index (χ2n) is 5.64. The number of hydrogen-bond acceptors (Lipinski definition) is 3. The Labute approximate surface area is 122 Å². The van der Waals surface area contributed by atoms with Crippen LogP contribution < -0.4 is 10.1 Å². The predicted molar refractivity (Wildman–Crippen MR) is 82.5 cm³/mol.